The topological polar surface area (TPSA) is 61.8 Å². The minimum absolute atomic E-state index is 0.169. The van der Waals surface area contributed by atoms with E-state index in [2.05, 4.69) is 6.92 Å². The molecule has 20 heavy (non-hydrogen) atoms. The zero-order valence-corrected chi connectivity index (χ0v) is 12.2. The lowest BCUT2D eigenvalue weighted by molar-refractivity contribution is -0.233. The molecular formula is C15H20O5. The molecule has 1 spiro atoms. The molecule has 110 valence electrons. The van der Waals surface area contributed by atoms with Gasteiger partial charge >= 0.3 is 5.97 Å². The van der Waals surface area contributed by atoms with Crippen molar-refractivity contribution in [1.82, 2.24) is 0 Å². The summed E-state index contributed by atoms with van der Waals surface area (Å²) in [6.45, 7) is 5.23. The van der Waals surface area contributed by atoms with Crippen LogP contribution in [0.1, 0.15) is 33.1 Å². The molecule has 1 aliphatic heterocycles. The van der Waals surface area contributed by atoms with Crippen molar-refractivity contribution < 1.29 is 23.8 Å². The summed E-state index contributed by atoms with van der Waals surface area (Å²) in [5.74, 6) is -1.42. The van der Waals surface area contributed by atoms with E-state index >= 15 is 0 Å². The number of allylic oxidation sites excluding steroid dienone is 1. The fraction of sp³-hybridized carbons (Fsp3) is 0.733. The van der Waals surface area contributed by atoms with Crippen LogP contribution in [0.3, 0.4) is 0 Å². The Kier molecular flexibility index (Phi) is 2.86. The summed E-state index contributed by atoms with van der Waals surface area (Å²) < 4.78 is 16.5. The van der Waals surface area contributed by atoms with Crippen molar-refractivity contribution in [3.63, 3.8) is 0 Å². The molecule has 1 saturated carbocycles. The molecule has 5 nitrogen and oxygen atoms in total. The minimum atomic E-state index is -0.685. The van der Waals surface area contributed by atoms with E-state index in [-0.39, 0.29) is 23.2 Å². The number of hydrogen-bond acceptors (Lipinski definition) is 5. The van der Waals surface area contributed by atoms with Crippen LogP contribution in [0.25, 0.3) is 0 Å². The van der Waals surface area contributed by atoms with Crippen molar-refractivity contribution in [2.45, 2.75) is 38.9 Å². The van der Waals surface area contributed by atoms with E-state index in [1.165, 1.54) is 7.11 Å². The van der Waals surface area contributed by atoms with Gasteiger partial charge in [0.2, 0.25) is 0 Å². The fourth-order valence-electron chi connectivity index (χ4n) is 3.99. The summed E-state index contributed by atoms with van der Waals surface area (Å²) >= 11 is 0. The zero-order valence-electron chi connectivity index (χ0n) is 12.2. The molecule has 0 N–H and O–H groups in total. The average Bonchev–Trinajstić information content (AvgIpc) is 2.97. The van der Waals surface area contributed by atoms with E-state index in [0.717, 1.165) is 12.8 Å². The average molecular weight is 280 g/mol. The molecule has 1 unspecified atom stereocenters. The van der Waals surface area contributed by atoms with Crippen LogP contribution in [0.15, 0.2) is 11.6 Å². The van der Waals surface area contributed by atoms with Gasteiger partial charge in [0, 0.05) is 18.3 Å². The van der Waals surface area contributed by atoms with E-state index in [1.54, 1.807) is 6.08 Å². The first-order valence-corrected chi connectivity index (χ1v) is 7.00. The second-order valence-corrected chi connectivity index (χ2v) is 6.35. The van der Waals surface area contributed by atoms with Gasteiger partial charge in [-0.25, -0.2) is 4.79 Å². The monoisotopic (exact) mass is 280 g/mol. The number of rotatable bonds is 1. The Bertz CT molecular complexity index is 502. The van der Waals surface area contributed by atoms with E-state index in [1.807, 2.05) is 6.92 Å². The maximum Gasteiger partial charge on any atom is 0.341 e. The normalized spacial score (nSPS) is 38.8. The lowest BCUT2D eigenvalue weighted by Crippen LogP contribution is -2.53. The Hall–Kier alpha value is -1.20. The predicted octanol–water partition coefficient (Wildman–Crippen LogP) is 1.61. The van der Waals surface area contributed by atoms with E-state index in [0.29, 0.717) is 13.2 Å². The first kappa shape index (κ1) is 13.8. The molecule has 5 heteroatoms. The second-order valence-electron chi connectivity index (χ2n) is 6.35. The highest BCUT2D eigenvalue weighted by atomic mass is 16.7. The first-order chi connectivity index (χ1) is 9.37. The van der Waals surface area contributed by atoms with E-state index in [4.69, 9.17) is 14.2 Å². The Morgan fingerprint density at radius 1 is 1.25 bits per heavy atom. The van der Waals surface area contributed by atoms with Crippen LogP contribution in [-0.4, -0.2) is 37.9 Å². The highest BCUT2D eigenvalue weighted by Gasteiger charge is 2.68. The summed E-state index contributed by atoms with van der Waals surface area (Å²) in [6, 6.07) is 0. The highest BCUT2D eigenvalue weighted by molar-refractivity contribution is 6.18. The molecule has 0 bridgehead atoms. The minimum Gasteiger partial charge on any atom is -0.465 e. The molecule has 2 aliphatic carbocycles. The Morgan fingerprint density at radius 2 is 1.90 bits per heavy atom. The predicted molar refractivity (Wildman–Crippen MR) is 69.8 cm³/mol. The van der Waals surface area contributed by atoms with Crippen molar-refractivity contribution in [3.8, 4) is 0 Å². The Morgan fingerprint density at radius 3 is 2.50 bits per heavy atom. The lowest BCUT2D eigenvalue weighted by Gasteiger charge is -2.48. The van der Waals surface area contributed by atoms with Crippen LogP contribution in [-0.2, 0) is 23.8 Å². The summed E-state index contributed by atoms with van der Waals surface area (Å²) in [4.78, 5) is 24.1. The van der Waals surface area contributed by atoms with Gasteiger partial charge in [0.05, 0.1) is 25.9 Å². The maximum atomic E-state index is 12.3. The molecule has 2 atom stereocenters. The van der Waals surface area contributed by atoms with Crippen molar-refractivity contribution >= 4 is 11.8 Å². The molecule has 0 amide bonds. The number of carbonyl (C=O) groups is 2. The number of hydrogen-bond donors (Lipinski definition) is 0. The van der Waals surface area contributed by atoms with Crippen molar-refractivity contribution in [2.75, 3.05) is 20.3 Å². The van der Waals surface area contributed by atoms with Crippen LogP contribution in [0, 0.1) is 10.8 Å². The summed E-state index contributed by atoms with van der Waals surface area (Å²) in [6.07, 6.45) is 3.62. The Balaban J connectivity index is 2.06. The molecule has 0 aromatic heterocycles. The number of ether oxygens (including phenoxy) is 3. The SMILES string of the molecule is COC(=O)C1=C[C@]2(C)CCC3(OCCO3)C2(C)CC1=O. The van der Waals surface area contributed by atoms with Crippen molar-refractivity contribution in [1.29, 1.82) is 0 Å². The molecule has 1 heterocycles. The quantitative estimate of drug-likeness (QED) is 0.539. The maximum absolute atomic E-state index is 12.3. The third-order valence-electron chi connectivity index (χ3n) is 5.51. The van der Waals surface area contributed by atoms with E-state index in [9.17, 15) is 9.59 Å². The number of esters is 1. The number of Topliss-reactive ketones (excluding diaryl/α,β-unsaturated/α-hetero) is 1. The van der Waals surface area contributed by atoms with E-state index < -0.39 is 17.2 Å². The van der Waals surface area contributed by atoms with Gasteiger partial charge in [-0.05, 0) is 11.8 Å². The van der Waals surface area contributed by atoms with Crippen LogP contribution in [0.5, 0.6) is 0 Å². The lowest BCUT2D eigenvalue weighted by atomic mass is 9.59. The summed E-state index contributed by atoms with van der Waals surface area (Å²) in [5.41, 5.74) is -0.567. The van der Waals surface area contributed by atoms with Crippen LogP contribution in [0.2, 0.25) is 0 Å². The Labute approximate surface area is 118 Å². The molecule has 0 aromatic rings. The van der Waals surface area contributed by atoms with Gasteiger partial charge in [-0.3, -0.25) is 4.79 Å². The van der Waals surface area contributed by atoms with Crippen LogP contribution >= 0.6 is 0 Å². The number of ketones is 1. The third kappa shape index (κ3) is 1.50. The molecule has 3 aliphatic rings. The van der Waals surface area contributed by atoms with Crippen LogP contribution in [0.4, 0.5) is 0 Å². The van der Waals surface area contributed by atoms with Gasteiger partial charge in [-0.2, -0.15) is 0 Å². The second kappa shape index (κ2) is 4.15. The smallest absolute Gasteiger partial charge is 0.341 e. The molecule has 2 fully saturated rings. The highest BCUT2D eigenvalue weighted by Crippen LogP contribution is 2.65. The van der Waals surface area contributed by atoms with Gasteiger partial charge in [-0.1, -0.05) is 19.9 Å². The van der Waals surface area contributed by atoms with Gasteiger partial charge in [-0.15, -0.1) is 0 Å². The van der Waals surface area contributed by atoms with Crippen LogP contribution < -0.4 is 0 Å². The third-order valence-corrected chi connectivity index (χ3v) is 5.51. The zero-order chi connectivity index (χ0) is 14.6. The first-order valence-electron chi connectivity index (χ1n) is 7.00. The molecule has 3 rings (SSSR count). The summed E-state index contributed by atoms with van der Waals surface area (Å²) in [5, 5.41) is 0. The van der Waals surface area contributed by atoms with Gasteiger partial charge in [0.1, 0.15) is 0 Å². The molecule has 0 radical (unpaired) electrons. The number of carbonyl (C=O) groups excluding carboxylic acids is 2. The van der Waals surface area contributed by atoms with Crippen molar-refractivity contribution in [2.24, 2.45) is 10.8 Å². The summed E-state index contributed by atoms with van der Waals surface area (Å²) in [7, 11) is 1.30. The van der Waals surface area contributed by atoms with Gasteiger partial charge in [0.25, 0.3) is 0 Å². The molecular weight excluding hydrogens is 260 g/mol. The van der Waals surface area contributed by atoms with Gasteiger partial charge < -0.3 is 14.2 Å². The largest absolute Gasteiger partial charge is 0.465 e. The molecule has 0 aromatic carbocycles. The number of fused-ring (bicyclic) bond motifs is 2. The van der Waals surface area contributed by atoms with Crippen molar-refractivity contribution in [3.05, 3.63) is 11.6 Å². The fourth-order valence-corrected chi connectivity index (χ4v) is 3.99. The number of methoxy groups -OCH3 is 1. The van der Waals surface area contributed by atoms with Gasteiger partial charge in [0.15, 0.2) is 11.6 Å². The molecule has 1 saturated heterocycles. The standard InChI is InChI=1S/C15H20O5/c1-13-4-5-15(19-6-7-20-15)14(13,2)9-11(16)10(8-13)12(17)18-3/h8H,4-7,9H2,1-3H3/t13-,14?/m0/s1.